The number of nitrogens with one attached hydrogen (secondary N) is 1. The number of pyridine rings is 2. The van der Waals surface area contributed by atoms with Crippen molar-refractivity contribution in [2.24, 2.45) is 0 Å². The Morgan fingerprint density at radius 1 is 1.04 bits per heavy atom. The van der Waals surface area contributed by atoms with Crippen molar-refractivity contribution in [1.29, 1.82) is 0 Å². The molecule has 3 rings (SSSR count). The van der Waals surface area contributed by atoms with Gasteiger partial charge in [-0.3, -0.25) is 4.72 Å². The lowest BCUT2D eigenvalue weighted by Gasteiger charge is -2.12. The Bertz CT molecular complexity index is 1080. The number of aryl methyl sites for hydroxylation is 1. The van der Waals surface area contributed by atoms with Crippen molar-refractivity contribution in [2.45, 2.75) is 11.9 Å². The first-order valence-corrected chi connectivity index (χ1v) is 9.24. The van der Waals surface area contributed by atoms with Gasteiger partial charge in [-0.15, -0.1) is 0 Å². The molecule has 1 aromatic carbocycles. The van der Waals surface area contributed by atoms with E-state index in [-0.39, 0.29) is 5.82 Å². The fourth-order valence-corrected chi connectivity index (χ4v) is 3.44. The van der Waals surface area contributed by atoms with Gasteiger partial charge in [0.05, 0.1) is 5.69 Å². The summed E-state index contributed by atoms with van der Waals surface area (Å²) in [5.41, 5.74) is 3.24. The molecule has 0 aliphatic rings. The zero-order valence-electron chi connectivity index (χ0n) is 14.0. The predicted octanol–water partition coefficient (Wildman–Crippen LogP) is 4.03. The maximum Gasteiger partial charge on any atom is 0.280 e. The summed E-state index contributed by atoms with van der Waals surface area (Å²) in [5, 5.41) is -0.409. The first-order chi connectivity index (χ1) is 12.4. The average Bonchev–Trinajstić information content (AvgIpc) is 2.63. The lowest BCUT2D eigenvalue weighted by atomic mass is 10.0. The second-order valence-electron chi connectivity index (χ2n) is 5.56. The molecule has 0 spiro atoms. The largest absolute Gasteiger partial charge is 0.280 e. The van der Waals surface area contributed by atoms with Crippen molar-refractivity contribution in [1.82, 2.24) is 9.97 Å². The molecule has 5 nitrogen and oxygen atoms in total. The number of benzene rings is 1. The molecular formula is C19H16FN3O2S. The van der Waals surface area contributed by atoms with E-state index in [1.165, 1.54) is 12.1 Å². The highest BCUT2D eigenvalue weighted by Gasteiger charge is 2.18. The summed E-state index contributed by atoms with van der Waals surface area (Å²) < 4.78 is 40.4. The SMILES string of the molecule is C=Cc1ccccc1-c1nc(NS(=O)(=O)c2cccc(F)n2)ccc1C. The summed E-state index contributed by atoms with van der Waals surface area (Å²) >= 11 is 0. The maximum atomic E-state index is 13.2. The summed E-state index contributed by atoms with van der Waals surface area (Å²) in [6.07, 6.45) is 1.71. The highest BCUT2D eigenvalue weighted by atomic mass is 32.2. The maximum absolute atomic E-state index is 13.2. The van der Waals surface area contributed by atoms with Gasteiger partial charge in [0.2, 0.25) is 5.95 Å². The van der Waals surface area contributed by atoms with Gasteiger partial charge in [0.1, 0.15) is 5.82 Å². The van der Waals surface area contributed by atoms with Crippen molar-refractivity contribution in [3.05, 3.63) is 78.3 Å². The van der Waals surface area contributed by atoms with Crippen LogP contribution in [0.25, 0.3) is 17.3 Å². The van der Waals surface area contributed by atoms with Crippen molar-refractivity contribution in [3.8, 4) is 11.3 Å². The molecule has 1 N–H and O–H groups in total. The molecule has 2 aromatic heterocycles. The number of rotatable bonds is 5. The molecular weight excluding hydrogens is 353 g/mol. The summed E-state index contributed by atoms with van der Waals surface area (Å²) in [6, 6.07) is 14.4. The fraction of sp³-hybridized carbons (Fsp3) is 0.0526. The molecule has 2 heterocycles. The quantitative estimate of drug-likeness (QED) is 0.689. The predicted molar refractivity (Wildman–Crippen MR) is 99.5 cm³/mol. The molecule has 0 bridgehead atoms. The number of halogens is 1. The molecule has 3 aromatic rings. The van der Waals surface area contributed by atoms with E-state index in [1.54, 1.807) is 18.2 Å². The van der Waals surface area contributed by atoms with E-state index in [0.29, 0.717) is 5.69 Å². The highest BCUT2D eigenvalue weighted by Crippen LogP contribution is 2.27. The smallest absolute Gasteiger partial charge is 0.262 e. The van der Waals surface area contributed by atoms with Crippen LogP contribution < -0.4 is 4.72 Å². The fourth-order valence-electron chi connectivity index (χ4n) is 2.48. The van der Waals surface area contributed by atoms with E-state index in [2.05, 4.69) is 21.3 Å². The van der Waals surface area contributed by atoms with Crippen LogP contribution in [0, 0.1) is 12.9 Å². The Balaban J connectivity index is 2.02. The molecule has 0 saturated carbocycles. The summed E-state index contributed by atoms with van der Waals surface area (Å²) in [4.78, 5) is 7.83. The minimum atomic E-state index is -4.05. The van der Waals surface area contributed by atoms with Crippen LogP contribution in [0.2, 0.25) is 0 Å². The Kier molecular flexibility index (Phi) is 4.81. The Labute approximate surface area is 151 Å². The van der Waals surface area contributed by atoms with Crippen molar-refractivity contribution in [2.75, 3.05) is 4.72 Å². The number of hydrogen-bond donors (Lipinski definition) is 1. The molecule has 0 saturated heterocycles. The van der Waals surface area contributed by atoms with Crippen LogP contribution in [-0.2, 0) is 10.0 Å². The lowest BCUT2D eigenvalue weighted by Crippen LogP contribution is -2.16. The van der Waals surface area contributed by atoms with Gasteiger partial charge in [-0.1, -0.05) is 49.1 Å². The van der Waals surface area contributed by atoms with Gasteiger partial charge < -0.3 is 0 Å². The van der Waals surface area contributed by atoms with E-state index in [4.69, 9.17) is 0 Å². The molecule has 26 heavy (non-hydrogen) atoms. The Morgan fingerprint density at radius 3 is 2.54 bits per heavy atom. The second-order valence-corrected chi connectivity index (χ2v) is 7.19. The number of sulfonamides is 1. The van der Waals surface area contributed by atoms with E-state index in [1.807, 2.05) is 31.2 Å². The van der Waals surface area contributed by atoms with Gasteiger partial charge in [-0.05, 0) is 36.2 Å². The number of hydrogen-bond acceptors (Lipinski definition) is 4. The number of anilines is 1. The van der Waals surface area contributed by atoms with Gasteiger partial charge in [0.15, 0.2) is 5.03 Å². The summed E-state index contributed by atoms with van der Waals surface area (Å²) in [7, 11) is -4.05. The zero-order chi connectivity index (χ0) is 18.7. The third-order valence-corrected chi connectivity index (χ3v) is 4.99. The van der Waals surface area contributed by atoms with Crippen molar-refractivity contribution in [3.63, 3.8) is 0 Å². The van der Waals surface area contributed by atoms with Gasteiger partial charge >= 0.3 is 0 Å². The monoisotopic (exact) mass is 369 g/mol. The Morgan fingerprint density at radius 2 is 1.81 bits per heavy atom. The second kappa shape index (κ2) is 7.05. The first-order valence-electron chi connectivity index (χ1n) is 7.75. The lowest BCUT2D eigenvalue weighted by molar-refractivity contribution is 0.558. The minimum absolute atomic E-state index is 0.121. The van der Waals surface area contributed by atoms with E-state index < -0.39 is 21.0 Å². The molecule has 0 amide bonds. The topological polar surface area (TPSA) is 72.0 Å². The standard InChI is InChI=1S/C19H16FN3O2S/c1-3-14-7-4-5-8-15(14)19-13(2)11-12-17(22-19)23-26(24,25)18-10-6-9-16(20)21-18/h3-12H,1H2,2H3,(H,22,23). The molecule has 132 valence electrons. The molecule has 7 heteroatoms. The van der Waals surface area contributed by atoms with E-state index in [0.717, 1.165) is 22.8 Å². The Hall–Kier alpha value is -3.06. The normalized spacial score (nSPS) is 11.2. The minimum Gasteiger partial charge on any atom is -0.262 e. The van der Waals surface area contributed by atoms with Crippen LogP contribution in [-0.4, -0.2) is 18.4 Å². The van der Waals surface area contributed by atoms with E-state index >= 15 is 0 Å². The van der Waals surface area contributed by atoms with Crippen LogP contribution in [0.4, 0.5) is 10.2 Å². The molecule has 0 atom stereocenters. The van der Waals surface area contributed by atoms with Crippen LogP contribution in [0.5, 0.6) is 0 Å². The van der Waals surface area contributed by atoms with Crippen LogP contribution in [0.1, 0.15) is 11.1 Å². The molecule has 0 aliphatic carbocycles. The van der Waals surface area contributed by atoms with Gasteiger partial charge in [-0.2, -0.15) is 12.8 Å². The molecule has 0 radical (unpaired) electrons. The number of aromatic nitrogens is 2. The van der Waals surface area contributed by atoms with Crippen molar-refractivity contribution < 1.29 is 12.8 Å². The molecule has 0 unspecified atom stereocenters. The van der Waals surface area contributed by atoms with Crippen molar-refractivity contribution >= 4 is 21.9 Å². The summed E-state index contributed by atoms with van der Waals surface area (Å²) in [6.45, 7) is 5.68. The molecule has 0 fully saturated rings. The summed E-state index contributed by atoms with van der Waals surface area (Å²) in [5.74, 6) is -0.749. The van der Waals surface area contributed by atoms with Gasteiger partial charge in [-0.25, -0.2) is 9.97 Å². The third-order valence-electron chi connectivity index (χ3n) is 3.74. The first kappa shape index (κ1) is 17.8. The van der Waals surface area contributed by atoms with Crippen LogP contribution >= 0.6 is 0 Å². The number of nitrogens with zero attached hydrogens (tertiary/aromatic N) is 2. The van der Waals surface area contributed by atoms with E-state index in [9.17, 15) is 12.8 Å². The van der Waals surface area contributed by atoms with Gasteiger partial charge in [0, 0.05) is 5.56 Å². The zero-order valence-corrected chi connectivity index (χ0v) is 14.8. The van der Waals surface area contributed by atoms with Crippen LogP contribution in [0.15, 0.2) is 66.2 Å². The average molecular weight is 369 g/mol. The third kappa shape index (κ3) is 3.62. The van der Waals surface area contributed by atoms with Gasteiger partial charge in [0.25, 0.3) is 10.0 Å². The molecule has 0 aliphatic heterocycles. The van der Waals surface area contributed by atoms with Crippen LogP contribution in [0.3, 0.4) is 0 Å². The highest BCUT2D eigenvalue weighted by molar-refractivity contribution is 7.92.